The topological polar surface area (TPSA) is 26.3 Å². The van der Waals surface area contributed by atoms with Gasteiger partial charge in [-0.15, -0.1) is 0 Å². The fourth-order valence-electron chi connectivity index (χ4n) is 1.92. The summed E-state index contributed by atoms with van der Waals surface area (Å²) in [6.07, 6.45) is 0.824. The molecule has 0 bridgehead atoms. The van der Waals surface area contributed by atoms with Gasteiger partial charge in [-0.05, 0) is 18.6 Å². The summed E-state index contributed by atoms with van der Waals surface area (Å²) >= 11 is 6.12. The normalized spacial score (nSPS) is 21.7. The summed E-state index contributed by atoms with van der Waals surface area (Å²) in [7, 11) is 0. The first-order valence-electron chi connectivity index (χ1n) is 5.07. The third-order valence-corrected chi connectivity index (χ3v) is 3.04. The Morgan fingerprint density at radius 1 is 1.47 bits per heavy atom. The maximum Gasteiger partial charge on any atom is 0.138 e. The molecule has 1 heterocycles. The van der Waals surface area contributed by atoms with Crippen LogP contribution in [0, 0.1) is 6.92 Å². The van der Waals surface area contributed by atoms with Gasteiger partial charge in [-0.25, -0.2) is 0 Å². The number of carbonyl (C=O) groups excluding carboxylic acids is 1. The van der Waals surface area contributed by atoms with Crippen LogP contribution in [0.3, 0.4) is 0 Å². The Hall–Kier alpha value is -0.860. The van der Waals surface area contributed by atoms with Crippen LogP contribution in [0.4, 0.5) is 0 Å². The molecule has 0 saturated carbocycles. The number of benzene rings is 1. The van der Waals surface area contributed by atoms with Crippen molar-refractivity contribution in [2.24, 2.45) is 0 Å². The lowest BCUT2D eigenvalue weighted by Gasteiger charge is -2.24. The molecule has 1 aliphatic heterocycles. The summed E-state index contributed by atoms with van der Waals surface area (Å²) in [6, 6.07) is 5.74. The molecule has 0 aromatic heterocycles. The highest BCUT2D eigenvalue weighted by molar-refractivity contribution is 6.31. The number of carbonyl (C=O) groups is 1. The minimum Gasteiger partial charge on any atom is -0.373 e. The highest BCUT2D eigenvalue weighted by Crippen LogP contribution is 2.33. The van der Waals surface area contributed by atoms with Gasteiger partial charge in [0.25, 0.3) is 0 Å². The van der Waals surface area contributed by atoms with Crippen molar-refractivity contribution in [2.45, 2.75) is 25.9 Å². The number of aryl methyl sites for hydroxylation is 1. The van der Waals surface area contributed by atoms with E-state index >= 15 is 0 Å². The second-order valence-corrected chi connectivity index (χ2v) is 4.23. The zero-order valence-electron chi connectivity index (χ0n) is 8.63. The number of Topliss-reactive ketones (excluding diaryl/α,β-unsaturated/α-hetero) is 1. The fourth-order valence-corrected chi connectivity index (χ4v) is 2.26. The van der Waals surface area contributed by atoms with Gasteiger partial charge in [-0.1, -0.05) is 23.7 Å². The average molecular weight is 225 g/mol. The molecular formula is C12H13ClO2. The van der Waals surface area contributed by atoms with E-state index in [1.165, 1.54) is 0 Å². The predicted octanol–water partition coefficient (Wildman–Crippen LogP) is 3.07. The van der Waals surface area contributed by atoms with E-state index < -0.39 is 0 Å². The summed E-state index contributed by atoms with van der Waals surface area (Å²) in [6.45, 7) is 2.50. The SMILES string of the molecule is Cc1cccc(Cl)c1C1CC(=O)CCO1. The van der Waals surface area contributed by atoms with E-state index in [0.29, 0.717) is 24.5 Å². The first-order valence-corrected chi connectivity index (χ1v) is 5.44. The van der Waals surface area contributed by atoms with Crippen LogP contribution in [-0.4, -0.2) is 12.4 Å². The summed E-state index contributed by atoms with van der Waals surface area (Å²) in [5.74, 6) is 0.255. The molecule has 1 unspecified atom stereocenters. The van der Waals surface area contributed by atoms with E-state index in [-0.39, 0.29) is 11.9 Å². The van der Waals surface area contributed by atoms with Gasteiger partial charge in [0.05, 0.1) is 12.7 Å². The van der Waals surface area contributed by atoms with Crippen LogP contribution in [0.15, 0.2) is 18.2 Å². The number of rotatable bonds is 1. The molecule has 15 heavy (non-hydrogen) atoms. The summed E-state index contributed by atoms with van der Waals surface area (Å²) in [5.41, 5.74) is 2.05. The highest BCUT2D eigenvalue weighted by atomic mass is 35.5. The van der Waals surface area contributed by atoms with Crippen molar-refractivity contribution >= 4 is 17.4 Å². The highest BCUT2D eigenvalue weighted by Gasteiger charge is 2.24. The van der Waals surface area contributed by atoms with Gasteiger partial charge in [-0.2, -0.15) is 0 Å². The van der Waals surface area contributed by atoms with Gasteiger partial charge in [-0.3, -0.25) is 4.79 Å². The van der Waals surface area contributed by atoms with Gasteiger partial charge in [0.1, 0.15) is 5.78 Å². The van der Waals surface area contributed by atoms with Crippen molar-refractivity contribution in [3.8, 4) is 0 Å². The molecule has 2 rings (SSSR count). The Balaban J connectivity index is 2.32. The lowest BCUT2D eigenvalue weighted by molar-refractivity contribution is -0.128. The molecular weight excluding hydrogens is 212 g/mol. The van der Waals surface area contributed by atoms with Crippen molar-refractivity contribution < 1.29 is 9.53 Å². The van der Waals surface area contributed by atoms with Crippen LogP contribution in [0.1, 0.15) is 30.1 Å². The zero-order valence-corrected chi connectivity index (χ0v) is 9.38. The first-order chi connectivity index (χ1) is 7.18. The Bertz CT molecular complexity index is 367. The van der Waals surface area contributed by atoms with E-state index in [2.05, 4.69) is 0 Å². The van der Waals surface area contributed by atoms with Gasteiger partial charge in [0.2, 0.25) is 0 Å². The van der Waals surface area contributed by atoms with Crippen LogP contribution in [0.5, 0.6) is 0 Å². The standard InChI is InChI=1S/C12H13ClO2/c1-8-3-2-4-10(13)12(8)11-7-9(14)5-6-15-11/h2-4,11H,5-7H2,1H3. The van der Waals surface area contributed by atoms with E-state index in [9.17, 15) is 4.79 Å². The molecule has 80 valence electrons. The molecule has 0 N–H and O–H groups in total. The largest absolute Gasteiger partial charge is 0.373 e. The van der Waals surface area contributed by atoms with Crippen LogP contribution in [0.25, 0.3) is 0 Å². The van der Waals surface area contributed by atoms with Crippen molar-refractivity contribution in [3.05, 3.63) is 34.3 Å². The van der Waals surface area contributed by atoms with Crippen molar-refractivity contribution in [3.63, 3.8) is 0 Å². The lowest BCUT2D eigenvalue weighted by Crippen LogP contribution is -2.20. The van der Waals surface area contributed by atoms with Crippen LogP contribution in [0.2, 0.25) is 5.02 Å². The van der Waals surface area contributed by atoms with Gasteiger partial charge >= 0.3 is 0 Å². The van der Waals surface area contributed by atoms with Gasteiger partial charge in [0, 0.05) is 23.4 Å². The second kappa shape index (κ2) is 4.33. The monoisotopic (exact) mass is 224 g/mol. The van der Waals surface area contributed by atoms with Crippen molar-refractivity contribution in [1.29, 1.82) is 0 Å². The molecule has 1 saturated heterocycles. The molecule has 1 aliphatic rings. The van der Waals surface area contributed by atoms with Crippen molar-refractivity contribution in [1.82, 2.24) is 0 Å². The number of ketones is 1. The van der Waals surface area contributed by atoms with Gasteiger partial charge < -0.3 is 4.74 Å². The van der Waals surface area contributed by atoms with E-state index in [1.807, 2.05) is 25.1 Å². The molecule has 1 fully saturated rings. The van der Waals surface area contributed by atoms with Crippen molar-refractivity contribution in [2.75, 3.05) is 6.61 Å². The molecule has 1 atom stereocenters. The molecule has 1 aromatic rings. The molecule has 1 aromatic carbocycles. The quantitative estimate of drug-likeness (QED) is 0.733. The van der Waals surface area contributed by atoms with Crippen LogP contribution >= 0.6 is 11.6 Å². The second-order valence-electron chi connectivity index (χ2n) is 3.82. The summed E-state index contributed by atoms with van der Waals surface area (Å²) in [4.78, 5) is 11.3. The predicted molar refractivity (Wildman–Crippen MR) is 59.1 cm³/mol. The van der Waals surface area contributed by atoms with E-state index in [4.69, 9.17) is 16.3 Å². The Labute approximate surface area is 94.2 Å². The van der Waals surface area contributed by atoms with E-state index in [1.54, 1.807) is 0 Å². The lowest BCUT2D eigenvalue weighted by atomic mass is 9.97. The molecule has 0 radical (unpaired) electrons. The maximum atomic E-state index is 11.3. The summed E-state index contributed by atoms with van der Waals surface area (Å²) < 4.78 is 5.59. The number of halogens is 1. The summed E-state index contributed by atoms with van der Waals surface area (Å²) in [5, 5.41) is 0.690. The van der Waals surface area contributed by atoms with Crippen LogP contribution in [-0.2, 0) is 9.53 Å². The number of hydrogen-bond donors (Lipinski definition) is 0. The Morgan fingerprint density at radius 3 is 2.93 bits per heavy atom. The van der Waals surface area contributed by atoms with Crippen LogP contribution < -0.4 is 0 Å². The minimum absolute atomic E-state index is 0.153. The average Bonchev–Trinajstić information content (AvgIpc) is 2.17. The zero-order chi connectivity index (χ0) is 10.8. The fraction of sp³-hybridized carbons (Fsp3) is 0.417. The number of ether oxygens (including phenoxy) is 1. The maximum absolute atomic E-state index is 11.3. The van der Waals surface area contributed by atoms with Gasteiger partial charge in [0.15, 0.2) is 0 Å². The Kier molecular flexibility index (Phi) is 3.08. The number of hydrogen-bond acceptors (Lipinski definition) is 2. The molecule has 2 nitrogen and oxygen atoms in total. The Morgan fingerprint density at radius 2 is 2.27 bits per heavy atom. The smallest absolute Gasteiger partial charge is 0.138 e. The third-order valence-electron chi connectivity index (χ3n) is 2.71. The van der Waals surface area contributed by atoms with E-state index in [0.717, 1.165) is 11.1 Å². The third kappa shape index (κ3) is 2.21. The molecule has 3 heteroatoms. The first kappa shape index (κ1) is 10.7. The molecule has 0 aliphatic carbocycles. The minimum atomic E-state index is -0.153. The molecule has 0 spiro atoms. The molecule has 0 amide bonds.